The number of aryl methyl sites for hydroxylation is 1. The number of hydrogen-bond donors (Lipinski definition) is 0. The number of carbonyl (C=O) groups is 1. The van der Waals surface area contributed by atoms with Crippen LogP contribution in [-0.4, -0.2) is 24.5 Å². The van der Waals surface area contributed by atoms with Crippen LogP contribution in [0.15, 0.2) is 18.2 Å². The first-order valence-corrected chi connectivity index (χ1v) is 5.62. The molecule has 1 aromatic rings. The Hall–Kier alpha value is -1.51. The molecule has 0 unspecified atom stereocenters. The quantitative estimate of drug-likeness (QED) is 0.779. The van der Waals surface area contributed by atoms with Gasteiger partial charge in [-0.05, 0) is 19.4 Å². The summed E-state index contributed by atoms with van der Waals surface area (Å²) in [4.78, 5) is 13.4. The van der Waals surface area contributed by atoms with Crippen molar-refractivity contribution in [3.05, 3.63) is 29.3 Å². The first kappa shape index (κ1) is 11.0. The van der Waals surface area contributed by atoms with Gasteiger partial charge >= 0.3 is 0 Å². The van der Waals surface area contributed by atoms with E-state index in [2.05, 4.69) is 13.0 Å². The molecule has 1 fully saturated rings. The van der Waals surface area contributed by atoms with Crippen molar-refractivity contribution >= 4 is 5.91 Å². The summed E-state index contributed by atoms with van der Waals surface area (Å²) in [5.74, 6) is 1.12. The Morgan fingerprint density at radius 2 is 2.25 bits per heavy atom. The third kappa shape index (κ3) is 2.18. The molecule has 1 heterocycles. The first-order chi connectivity index (χ1) is 7.70. The molecule has 3 heteroatoms. The SMILES string of the molecule is COc1ccc(C)cc1CN1CCCC1=O. The zero-order chi connectivity index (χ0) is 11.5. The van der Waals surface area contributed by atoms with Gasteiger partial charge < -0.3 is 9.64 Å². The molecule has 1 aliphatic rings. The Kier molecular flexibility index (Phi) is 3.13. The smallest absolute Gasteiger partial charge is 0.222 e. The minimum atomic E-state index is 0.253. The highest BCUT2D eigenvalue weighted by Crippen LogP contribution is 2.23. The zero-order valence-corrected chi connectivity index (χ0v) is 9.82. The second kappa shape index (κ2) is 4.56. The van der Waals surface area contributed by atoms with E-state index in [4.69, 9.17) is 4.74 Å². The molecule has 0 N–H and O–H groups in total. The Labute approximate surface area is 96.0 Å². The number of benzene rings is 1. The molecule has 0 atom stereocenters. The molecule has 0 spiro atoms. The number of methoxy groups -OCH3 is 1. The maximum absolute atomic E-state index is 11.5. The molecule has 0 aliphatic carbocycles. The number of amides is 1. The molecule has 16 heavy (non-hydrogen) atoms. The topological polar surface area (TPSA) is 29.5 Å². The molecule has 2 rings (SSSR count). The largest absolute Gasteiger partial charge is 0.496 e. The van der Waals surface area contributed by atoms with Gasteiger partial charge in [-0.25, -0.2) is 0 Å². The molecule has 0 radical (unpaired) electrons. The molecule has 86 valence electrons. The van der Waals surface area contributed by atoms with Crippen LogP contribution in [0.1, 0.15) is 24.0 Å². The van der Waals surface area contributed by atoms with E-state index in [0.29, 0.717) is 13.0 Å². The normalized spacial score (nSPS) is 15.6. The van der Waals surface area contributed by atoms with E-state index in [1.54, 1.807) is 7.11 Å². The van der Waals surface area contributed by atoms with E-state index in [1.165, 1.54) is 5.56 Å². The molecule has 0 saturated carbocycles. The fourth-order valence-corrected chi connectivity index (χ4v) is 2.11. The highest BCUT2D eigenvalue weighted by molar-refractivity contribution is 5.78. The third-order valence-electron chi connectivity index (χ3n) is 2.97. The zero-order valence-electron chi connectivity index (χ0n) is 9.82. The fourth-order valence-electron chi connectivity index (χ4n) is 2.11. The predicted octanol–water partition coefficient (Wildman–Crippen LogP) is 2.13. The number of nitrogens with zero attached hydrogens (tertiary/aromatic N) is 1. The maximum atomic E-state index is 11.5. The minimum absolute atomic E-state index is 0.253. The number of hydrogen-bond acceptors (Lipinski definition) is 2. The first-order valence-electron chi connectivity index (χ1n) is 5.62. The predicted molar refractivity (Wildman–Crippen MR) is 62.4 cm³/mol. The van der Waals surface area contributed by atoms with Crippen LogP contribution in [0.3, 0.4) is 0 Å². The number of carbonyl (C=O) groups excluding carboxylic acids is 1. The summed E-state index contributed by atoms with van der Waals surface area (Å²) < 4.78 is 5.31. The van der Waals surface area contributed by atoms with E-state index < -0.39 is 0 Å². The summed E-state index contributed by atoms with van der Waals surface area (Å²) in [6.45, 7) is 3.59. The molecule has 3 nitrogen and oxygen atoms in total. The van der Waals surface area contributed by atoms with Crippen molar-refractivity contribution < 1.29 is 9.53 Å². The lowest BCUT2D eigenvalue weighted by Crippen LogP contribution is -2.24. The van der Waals surface area contributed by atoms with Gasteiger partial charge in [0.15, 0.2) is 0 Å². The minimum Gasteiger partial charge on any atom is -0.496 e. The molecular formula is C13H17NO2. The summed E-state index contributed by atoms with van der Waals surface area (Å²) in [7, 11) is 1.67. The van der Waals surface area contributed by atoms with Gasteiger partial charge in [-0.2, -0.15) is 0 Å². The highest BCUT2D eigenvalue weighted by atomic mass is 16.5. The number of rotatable bonds is 3. The van der Waals surface area contributed by atoms with Crippen LogP contribution in [0.25, 0.3) is 0 Å². The molecular weight excluding hydrogens is 202 g/mol. The molecule has 1 aliphatic heterocycles. The molecule has 0 aromatic heterocycles. The van der Waals surface area contributed by atoms with E-state index in [9.17, 15) is 4.79 Å². The molecule has 1 amide bonds. The van der Waals surface area contributed by atoms with Crippen molar-refractivity contribution in [2.24, 2.45) is 0 Å². The fraction of sp³-hybridized carbons (Fsp3) is 0.462. The van der Waals surface area contributed by atoms with Crippen LogP contribution in [0.4, 0.5) is 0 Å². The number of ether oxygens (including phenoxy) is 1. The van der Waals surface area contributed by atoms with Crippen LogP contribution in [0, 0.1) is 6.92 Å². The van der Waals surface area contributed by atoms with Gasteiger partial charge in [0.1, 0.15) is 5.75 Å². The summed E-state index contributed by atoms with van der Waals surface area (Å²) >= 11 is 0. The summed E-state index contributed by atoms with van der Waals surface area (Å²) in [6.07, 6.45) is 1.67. The second-order valence-electron chi connectivity index (χ2n) is 4.23. The number of likely N-dealkylation sites (tertiary alicyclic amines) is 1. The van der Waals surface area contributed by atoms with Crippen LogP contribution in [0.2, 0.25) is 0 Å². The monoisotopic (exact) mass is 219 g/mol. The maximum Gasteiger partial charge on any atom is 0.222 e. The Bertz CT molecular complexity index is 401. The molecule has 0 bridgehead atoms. The van der Waals surface area contributed by atoms with Crippen molar-refractivity contribution in [2.75, 3.05) is 13.7 Å². The van der Waals surface area contributed by atoms with Crippen LogP contribution in [0.5, 0.6) is 5.75 Å². The van der Waals surface area contributed by atoms with Crippen molar-refractivity contribution in [1.82, 2.24) is 4.90 Å². The highest BCUT2D eigenvalue weighted by Gasteiger charge is 2.21. The van der Waals surface area contributed by atoms with Gasteiger partial charge in [-0.3, -0.25) is 4.79 Å². The van der Waals surface area contributed by atoms with Gasteiger partial charge in [-0.15, -0.1) is 0 Å². The average molecular weight is 219 g/mol. The van der Waals surface area contributed by atoms with E-state index in [-0.39, 0.29) is 5.91 Å². The van der Waals surface area contributed by atoms with Gasteiger partial charge in [-0.1, -0.05) is 17.7 Å². The van der Waals surface area contributed by atoms with E-state index >= 15 is 0 Å². The molecule has 1 aromatic carbocycles. The Balaban J connectivity index is 2.19. The van der Waals surface area contributed by atoms with Crippen LogP contribution < -0.4 is 4.74 Å². The van der Waals surface area contributed by atoms with Crippen molar-refractivity contribution in [3.63, 3.8) is 0 Å². The Morgan fingerprint density at radius 1 is 1.44 bits per heavy atom. The van der Waals surface area contributed by atoms with E-state index in [1.807, 2.05) is 17.0 Å². The standard InChI is InChI=1S/C13H17NO2/c1-10-5-6-12(16-2)11(8-10)9-14-7-3-4-13(14)15/h5-6,8H,3-4,7,9H2,1-2H3. The third-order valence-corrected chi connectivity index (χ3v) is 2.97. The molecule has 1 saturated heterocycles. The summed E-state index contributed by atoms with van der Waals surface area (Å²) in [6, 6.07) is 6.07. The van der Waals surface area contributed by atoms with Gasteiger partial charge in [0.05, 0.1) is 7.11 Å². The second-order valence-corrected chi connectivity index (χ2v) is 4.23. The van der Waals surface area contributed by atoms with E-state index in [0.717, 1.165) is 24.3 Å². The average Bonchev–Trinajstić information content (AvgIpc) is 2.65. The van der Waals surface area contributed by atoms with Crippen molar-refractivity contribution in [3.8, 4) is 5.75 Å². The lowest BCUT2D eigenvalue weighted by molar-refractivity contribution is -0.128. The van der Waals surface area contributed by atoms with Gasteiger partial charge in [0.25, 0.3) is 0 Å². The van der Waals surface area contributed by atoms with Crippen molar-refractivity contribution in [1.29, 1.82) is 0 Å². The Morgan fingerprint density at radius 3 is 2.88 bits per heavy atom. The summed E-state index contributed by atoms with van der Waals surface area (Å²) in [5.41, 5.74) is 2.29. The van der Waals surface area contributed by atoms with Crippen molar-refractivity contribution in [2.45, 2.75) is 26.3 Å². The van der Waals surface area contributed by atoms with Gasteiger partial charge in [0.2, 0.25) is 5.91 Å². The van der Waals surface area contributed by atoms with Crippen LogP contribution in [-0.2, 0) is 11.3 Å². The van der Waals surface area contributed by atoms with Crippen LogP contribution >= 0.6 is 0 Å². The lowest BCUT2D eigenvalue weighted by Gasteiger charge is -2.17. The summed E-state index contributed by atoms with van der Waals surface area (Å²) in [5, 5.41) is 0. The lowest BCUT2D eigenvalue weighted by atomic mass is 10.1. The van der Waals surface area contributed by atoms with Gasteiger partial charge in [0, 0.05) is 25.1 Å².